The number of carbonyl (C=O) groups is 2. The minimum atomic E-state index is -4.98. The molecule has 26 heavy (non-hydrogen) atoms. The zero-order valence-electron chi connectivity index (χ0n) is 13.8. The second kappa shape index (κ2) is 8.28. The number of aliphatic carboxylic acids is 2. The van der Waals surface area contributed by atoms with Crippen LogP contribution in [0.5, 0.6) is 0 Å². The lowest BCUT2D eigenvalue weighted by Gasteiger charge is -2.56. The van der Waals surface area contributed by atoms with Gasteiger partial charge in [-0.3, -0.25) is 9.36 Å². The summed E-state index contributed by atoms with van der Waals surface area (Å²) < 4.78 is 28.0. The number of aliphatic hydroxyl groups is 2. The lowest BCUT2D eigenvalue weighted by atomic mass is 9.90. The van der Waals surface area contributed by atoms with Gasteiger partial charge in [0.15, 0.2) is 5.72 Å². The quantitative estimate of drug-likeness (QED) is 0.247. The molecule has 0 saturated carbocycles. The Hall–Kier alpha value is -1.11. The van der Waals surface area contributed by atoms with Crippen LogP contribution in [0.2, 0.25) is 0 Å². The SMILES string of the molecule is O=C(O)CN(C(C(=O)O)P(=O)(O)OC[C@@H](O)CO)C1(C2CCO2)CCO1. The van der Waals surface area contributed by atoms with Gasteiger partial charge in [-0.25, -0.2) is 9.69 Å². The van der Waals surface area contributed by atoms with E-state index >= 15 is 0 Å². The zero-order valence-corrected chi connectivity index (χ0v) is 14.7. The Balaban J connectivity index is 2.33. The Morgan fingerprint density at radius 2 is 1.96 bits per heavy atom. The average Bonchev–Trinajstić information content (AvgIpc) is 2.44. The van der Waals surface area contributed by atoms with Gasteiger partial charge < -0.3 is 39.3 Å². The van der Waals surface area contributed by atoms with Gasteiger partial charge in [0, 0.05) is 19.4 Å². The summed E-state index contributed by atoms with van der Waals surface area (Å²) in [5.74, 6) is -5.47. The van der Waals surface area contributed by atoms with Crippen molar-refractivity contribution in [1.82, 2.24) is 4.90 Å². The van der Waals surface area contributed by atoms with E-state index in [0.717, 1.165) is 4.90 Å². The third-order valence-electron chi connectivity index (χ3n) is 4.29. The molecule has 2 rings (SSSR count). The van der Waals surface area contributed by atoms with Crippen LogP contribution >= 0.6 is 7.60 Å². The maximum atomic E-state index is 12.5. The summed E-state index contributed by atoms with van der Waals surface area (Å²) in [4.78, 5) is 33.9. The highest BCUT2D eigenvalue weighted by Crippen LogP contribution is 2.53. The molecule has 2 aliphatic heterocycles. The maximum absolute atomic E-state index is 12.5. The molecule has 2 aliphatic rings. The highest BCUT2D eigenvalue weighted by atomic mass is 31.2. The van der Waals surface area contributed by atoms with Gasteiger partial charge in [-0.1, -0.05) is 0 Å². The summed E-state index contributed by atoms with van der Waals surface area (Å²) in [5, 5.41) is 36.7. The summed E-state index contributed by atoms with van der Waals surface area (Å²) in [6, 6.07) is 0. The first-order valence-electron chi connectivity index (χ1n) is 7.87. The molecule has 0 bridgehead atoms. The fourth-order valence-corrected chi connectivity index (χ4v) is 4.34. The van der Waals surface area contributed by atoms with E-state index in [9.17, 15) is 34.4 Å². The van der Waals surface area contributed by atoms with Gasteiger partial charge in [-0.05, 0) is 0 Å². The fourth-order valence-electron chi connectivity index (χ4n) is 2.91. The Bertz CT molecular complexity index is 576. The third-order valence-corrected chi connectivity index (χ3v) is 5.93. The first-order chi connectivity index (χ1) is 12.1. The van der Waals surface area contributed by atoms with Crippen LogP contribution in [-0.2, 0) is 28.2 Å². The Morgan fingerprint density at radius 1 is 1.35 bits per heavy atom. The molecule has 2 fully saturated rings. The molecule has 2 saturated heterocycles. The molecule has 13 heteroatoms. The number of carboxylic acids is 2. The molecule has 5 N–H and O–H groups in total. The predicted octanol–water partition coefficient (Wildman–Crippen LogP) is -1.76. The highest BCUT2D eigenvalue weighted by molar-refractivity contribution is 7.54. The Kier molecular flexibility index (Phi) is 6.75. The van der Waals surface area contributed by atoms with Crippen LogP contribution in [-0.4, -0.2) is 98.8 Å². The van der Waals surface area contributed by atoms with Crippen molar-refractivity contribution in [2.24, 2.45) is 0 Å². The molecule has 0 aromatic rings. The average molecular weight is 399 g/mol. The molecule has 0 aromatic heterocycles. The molecular formula is C13H22NO11P. The zero-order chi connectivity index (χ0) is 19.5. The highest BCUT2D eigenvalue weighted by Gasteiger charge is 2.60. The number of aliphatic hydroxyl groups excluding tert-OH is 2. The van der Waals surface area contributed by atoms with Crippen molar-refractivity contribution in [3.8, 4) is 0 Å². The van der Waals surface area contributed by atoms with Crippen LogP contribution in [0, 0.1) is 0 Å². The van der Waals surface area contributed by atoms with E-state index in [1.54, 1.807) is 0 Å². The van der Waals surface area contributed by atoms with Gasteiger partial charge >= 0.3 is 19.5 Å². The number of hydrogen-bond acceptors (Lipinski definition) is 9. The summed E-state index contributed by atoms with van der Waals surface area (Å²) >= 11 is 0. The van der Waals surface area contributed by atoms with Gasteiger partial charge in [0.05, 0.1) is 19.8 Å². The molecule has 0 spiro atoms. The molecule has 0 radical (unpaired) electrons. The Labute approximate surface area is 148 Å². The monoisotopic (exact) mass is 399 g/mol. The topological polar surface area (TPSA) is 183 Å². The number of rotatable bonds is 11. The molecule has 4 unspecified atom stereocenters. The third kappa shape index (κ3) is 4.24. The lowest BCUT2D eigenvalue weighted by Crippen LogP contribution is -2.71. The van der Waals surface area contributed by atoms with Crippen molar-refractivity contribution in [1.29, 1.82) is 0 Å². The van der Waals surface area contributed by atoms with E-state index in [1.165, 1.54) is 0 Å². The van der Waals surface area contributed by atoms with Gasteiger partial charge in [0.2, 0.25) is 5.78 Å². The Morgan fingerprint density at radius 3 is 2.31 bits per heavy atom. The van der Waals surface area contributed by atoms with E-state index in [-0.39, 0.29) is 13.0 Å². The fraction of sp³-hybridized carbons (Fsp3) is 0.846. The molecular weight excluding hydrogens is 377 g/mol. The maximum Gasteiger partial charge on any atom is 0.356 e. The smallest absolute Gasteiger partial charge is 0.356 e. The van der Waals surface area contributed by atoms with Crippen LogP contribution < -0.4 is 0 Å². The van der Waals surface area contributed by atoms with Crippen molar-refractivity contribution in [3.05, 3.63) is 0 Å². The number of ether oxygens (including phenoxy) is 2. The van der Waals surface area contributed by atoms with Crippen molar-refractivity contribution in [2.45, 2.75) is 36.6 Å². The summed E-state index contributed by atoms with van der Waals surface area (Å²) in [5.41, 5.74) is -1.46. The van der Waals surface area contributed by atoms with E-state index in [2.05, 4.69) is 4.52 Å². The van der Waals surface area contributed by atoms with Gasteiger partial charge in [-0.2, -0.15) is 0 Å². The molecule has 0 aromatic carbocycles. The summed E-state index contributed by atoms with van der Waals surface area (Å²) in [6.45, 7) is -1.87. The minimum absolute atomic E-state index is 0.210. The second-order valence-corrected chi connectivity index (χ2v) is 7.90. The van der Waals surface area contributed by atoms with Crippen molar-refractivity contribution in [3.63, 3.8) is 0 Å². The molecule has 2 heterocycles. The number of hydrogen-bond donors (Lipinski definition) is 5. The molecule has 5 atom stereocenters. The summed E-state index contributed by atoms with van der Waals surface area (Å²) in [7, 11) is -4.98. The number of carboxylic acid groups (broad SMARTS) is 2. The lowest BCUT2D eigenvalue weighted by molar-refractivity contribution is -0.320. The summed E-state index contributed by atoms with van der Waals surface area (Å²) in [6.07, 6.45) is -1.45. The van der Waals surface area contributed by atoms with Crippen LogP contribution in [0.15, 0.2) is 0 Å². The van der Waals surface area contributed by atoms with Crippen molar-refractivity contribution < 1.29 is 53.5 Å². The standard InChI is InChI=1S/C13H22NO11P/c15-6-8(16)7-25-26(21,22)11(12(19)20)14(5-10(17)18)13(2-4-24-13)9-1-3-23-9/h8-9,11,15-16H,1-7H2,(H,17,18)(H,19,20)(H,21,22)/t8-,9?,11?,13?/m0/s1. The van der Waals surface area contributed by atoms with Crippen molar-refractivity contribution >= 4 is 19.5 Å². The molecule has 0 amide bonds. The van der Waals surface area contributed by atoms with Crippen LogP contribution in [0.1, 0.15) is 12.8 Å². The normalized spacial score (nSPS) is 29.9. The van der Waals surface area contributed by atoms with Gasteiger partial charge in [0.25, 0.3) is 0 Å². The molecule has 0 aliphatic carbocycles. The van der Waals surface area contributed by atoms with Crippen molar-refractivity contribution in [2.75, 3.05) is 33.0 Å². The van der Waals surface area contributed by atoms with Crippen LogP contribution in [0.3, 0.4) is 0 Å². The van der Waals surface area contributed by atoms with E-state index < -0.39 is 63.0 Å². The molecule has 12 nitrogen and oxygen atoms in total. The number of nitrogens with zero attached hydrogens (tertiary/aromatic N) is 1. The van der Waals surface area contributed by atoms with E-state index in [1.807, 2.05) is 0 Å². The second-order valence-electron chi connectivity index (χ2n) is 6.02. The molecule has 150 valence electrons. The minimum Gasteiger partial charge on any atom is -0.480 e. The first kappa shape index (κ1) is 21.2. The van der Waals surface area contributed by atoms with E-state index in [0.29, 0.717) is 13.0 Å². The largest absolute Gasteiger partial charge is 0.480 e. The van der Waals surface area contributed by atoms with Gasteiger partial charge in [0.1, 0.15) is 18.8 Å². The van der Waals surface area contributed by atoms with Gasteiger partial charge in [-0.15, -0.1) is 0 Å². The van der Waals surface area contributed by atoms with Crippen LogP contribution in [0.25, 0.3) is 0 Å². The first-order valence-corrected chi connectivity index (χ1v) is 9.51. The predicted molar refractivity (Wildman–Crippen MR) is 82.3 cm³/mol. The van der Waals surface area contributed by atoms with E-state index in [4.69, 9.17) is 14.6 Å². The van der Waals surface area contributed by atoms with Crippen LogP contribution in [0.4, 0.5) is 0 Å².